The minimum atomic E-state index is -4.50. The zero-order valence-electron chi connectivity index (χ0n) is 11.6. The molecule has 0 saturated carbocycles. The van der Waals surface area contributed by atoms with Gasteiger partial charge in [-0.15, -0.1) is 0 Å². The first kappa shape index (κ1) is 17.6. The highest BCUT2D eigenvalue weighted by Crippen LogP contribution is 2.36. The summed E-state index contributed by atoms with van der Waals surface area (Å²) in [4.78, 5) is 1.81. The molecule has 0 aliphatic carbocycles. The average Bonchev–Trinajstić information content (AvgIpc) is 2.44. The van der Waals surface area contributed by atoms with Crippen LogP contribution >= 0.6 is 15.9 Å². The van der Waals surface area contributed by atoms with Gasteiger partial charge in [-0.05, 0) is 23.8 Å². The van der Waals surface area contributed by atoms with Crippen molar-refractivity contribution < 1.29 is 22.0 Å². The van der Waals surface area contributed by atoms with Gasteiger partial charge in [-0.2, -0.15) is 13.2 Å². The van der Waals surface area contributed by atoms with E-state index in [0.717, 1.165) is 12.1 Å². The zero-order valence-corrected chi connectivity index (χ0v) is 13.2. The Morgan fingerprint density at radius 3 is 2.32 bits per heavy atom. The third kappa shape index (κ3) is 4.63. The van der Waals surface area contributed by atoms with E-state index < -0.39 is 30.6 Å². The highest BCUT2D eigenvalue weighted by atomic mass is 79.9. The van der Waals surface area contributed by atoms with Gasteiger partial charge in [0.15, 0.2) is 0 Å². The monoisotopic (exact) mass is 386 g/mol. The van der Waals surface area contributed by atoms with Gasteiger partial charge < -0.3 is 5.32 Å². The first-order chi connectivity index (χ1) is 10.3. The summed E-state index contributed by atoms with van der Waals surface area (Å²) in [7, 11) is 0. The normalized spacial score (nSPS) is 18.7. The molecule has 0 spiro atoms. The van der Waals surface area contributed by atoms with Crippen molar-refractivity contribution >= 4 is 15.9 Å². The number of rotatable bonds is 4. The molecule has 1 fully saturated rings. The van der Waals surface area contributed by atoms with E-state index in [1.165, 1.54) is 6.07 Å². The molecule has 1 aliphatic rings. The largest absolute Gasteiger partial charge is 0.416 e. The Morgan fingerprint density at radius 1 is 1.14 bits per heavy atom. The van der Waals surface area contributed by atoms with Gasteiger partial charge in [0.05, 0.1) is 5.56 Å². The van der Waals surface area contributed by atoms with Crippen LogP contribution in [0.3, 0.4) is 0 Å². The molecule has 1 aromatic carbocycles. The fourth-order valence-corrected chi connectivity index (χ4v) is 3.14. The van der Waals surface area contributed by atoms with E-state index in [9.17, 15) is 22.0 Å². The molecule has 1 aliphatic heterocycles. The Hall–Kier alpha value is -0.730. The van der Waals surface area contributed by atoms with Crippen LogP contribution in [0.1, 0.15) is 23.6 Å². The molecule has 0 radical (unpaired) electrons. The molecule has 0 unspecified atom stereocenters. The van der Waals surface area contributed by atoms with Crippen molar-refractivity contribution in [2.45, 2.75) is 25.1 Å². The number of hydrogen-bond acceptors (Lipinski definition) is 2. The molecule has 1 aromatic rings. The van der Waals surface area contributed by atoms with Gasteiger partial charge in [0.25, 0.3) is 0 Å². The first-order valence-corrected chi connectivity index (χ1v) is 7.67. The Morgan fingerprint density at radius 2 is 1.77 bits per heavy atom. The molecule has 2 nitrogen and oxygen atoms in total. The number of benzene rings is 1. The van der Waals surface area contributed by atoms with Gasteiger partial charge in [-0.1, -0.05) is 15.9 Å². The van der Waals surface area contributed by atoms with E-state index in [4.69, 9.17) is 0 Å². The van der Waals surface area contributed by atoms with Crippen molar-refractivity contribution in [3.8, 4) is 0 Å². The standard InChI is InChI=1S/C14H16BrF5N2/c15-11-6-9(5-10(7-11)14(18,19)20)12(8-13(16)17)22-3-1-21-2-4-22/h5-7,12-13,21H,1-4,8H2/t12-/m1/s1. The smallest absolute Gasteiger partial charge is 0.314 e. The predicted octanol–water partition coefficient (Wildman–Crippen LogP) is 4.07. The molecule has 8 heteroatoms. The SMILES string of the molecule is FC(F)C[C@H](c1cc(Br)cc(C(F)(F)F)c1)N1CCNCC1. The third-order valence-electron chi connectivity index (χ3n) is 3.63. The third-order valence-corrected chi connectivity index (χ3v) is 4.08. The maximum Gasteiger partial charge on any atom is 0.416 e. The molecule has 1 heterocycles. The van der Waals surface area contributed by atoms with Crippen LogP contribution in [0.2, 0.25) is 0 Å². The molecule has 2 rings (SSSR count). The summed E-state index contributed by atoms with van der Waals surface area (Å²) >= 11 is 3.05. The molecular formula is C14H16BrF5N2. The number of hydrogen-bond donors (Lipinski definition) is 1. The molecule has 124 valence electrons. The summed E-state index contributed by atoms with van der Waals surface area (Å²) < 4.78 is 64.8. The fraction of sp³-hybridized carbons (Fsp3) is 0.571. The van der Waals surface area contributed by atoms with E-state index >= 15 is 0 Å². The first-order valence-electron chi connectivity index (χ1n) is 6.88. The lowest BCUT2D eigenvalue weighted by molar-refractivity contribution is -0.137. The van der Waals surface area contributed by atoms with Crippen molar-refractivity contribution in [3.05, 3.63) is 33.8 Å². The van der Waals surface area contributed by atoms with Crippen LogP contribution in [-0.4, -0.2) is 37.5 Å². The number of piperazine rings is 1. The topological polar surface area (TPSA) is 15.3 Å². The van der Waals surface area contributed by atoms with Gasteiger partial charge in [0.2, 0.25) is 6.43 Å². The van der Waals surface area contributed by atoms with Crippen LogP contribution in [-0.2, 0) is 6.18 Å². The van der Waals surface area contributed by atoms with E-state index in [-0.39, 0.29) is 10.0 Å². The predicted molar refractivity (Wildman–Crippen MR) is 76.9 cm³/mol. The maximum absolute atomic E-state index is 12.9. The minimum absolute atomic E-state index is 0.242. The van der Waals surface area contributed by atoms with E-state index in [0.29, 0.717) is 26.2 Å². The van der Waals surface area contributed by atoms with Gasteiger partial charge >= 0.3 is 6.18 Å². The van der Waals surface area contributed by atoms with Crippen LogP contribution < -0.4 is 5.32 Å². The second kappa shape index (κ2) is 7.23. The summed E-state index contributed by atoms with van der Waals surface area (Å²) in [6.07, 6.45) is -7.56. The molecule has 1 atom stereocenters. The lowest BCUT2D eigenvalue weighted by atomic mass is 9.99. The van der Waals surface area contributed by atoms with Gasteiger partial charge in [-0.25, -0.2) is 8.78 Å². The van der Waals surface area contributed by atoms with Crippen LogP contribution in [0.25, 0.3) is 0 Å². The Balaban J connectivity index is 2.35. The minimum Gasteiger partial charge on any atom is -0.314 e. The number of halogens is 6. The number of nitrogens with zero attached hydrogens (tertiary/aromatic N) is 1. The van der Waals surface area contributed by atoms with Crippen LogP contribution in [0.15, 0.2) is 22.7 Å². The Kier molecular flexibility index (Phi) is 5.79. The Bertz CT molecular complexity index is 500. The van der Waals surface area contributed by atoms with Crippen molar-refractivity contribution in [1.82, 2.24) is 10.2 Å². The lowest BCUT2D eigenvalue weighted by Gasteiger charge is -2.35. The summed E-state index contributed by atoms with van der Waals surface area (Å²) in [5.74, 6) is 0. The lowest BCUT2D eigenvalue weighted by Crippen LogP contribution is -2.45. The van der Waals surface area contributed by atoms with Crippen LogP contribution in [0, 0.1) is 0 Å². The molecule has 1 N–H and O–H groups in total. The summed E-state index contributed by atoms with van der Waals surface area (Å²) in [5, 5.41) is 3.10. The molecule has 0 bridgehead atoms. The molecule has 0 amide bonds. The van der Waals surface area contributed by atoms with Gasteiger partial charge in [-0.3, -0.25) is 4.90 Å². The molecular weight excluding hydrogens is 371 g/mol. The second-order valence-corrected chi connectivity index (χ2v) is 6.12. The highest BCUT2D eigenvalue weighted by Gasteiger charge is 2.33. The van der Waals surface area contributed by atoms with Crippen molar-refractivity contribution in [2.24, 2.45) is 0 Å². The molecule has 1 saturated heterocycles. The summed E-state index contributed by atoms with van der Waals surface area (Å²) in [5.41, 5.74) is -0.560. The molecule has 22 heavy (non-hydrogen) atoms. The van der Waals surface area contributed by atoms with E-state index in [1.54, 1.807) is 0 Å². The Labute approximate surface area is 133 Å². The van der Waals surface area contributed by atoms with Crippen LogP contribution in [0.5, 0.6) is 0 Å². The number of alkyl halides is 5. The van der Waals surface area contributed by atoms with E-state index in [1.807, 2.05) is 4.90 Å². The number of nitrogens with one attached hydrogen (secondary N) is 1. The van der Waals surface area contributed by atoms with Crippen molar-refractivity contribution in [2.75, 3.05) is 26.2 Å². The summed E-state index contributed by atoms with van der Waals surface area (Å²) in [6.45, 7) is 2.34. The van der Waals surface area contributed by atoms with Crippen molar-refractivity contribution in [3.63, 3.8) is 0 Å². The quantitative estimate of drug-likeness (QED) is 0.784. The zero-order chi connectivity index (χ0) is 16.3. The fourth-order valence-electron chi connectivity index (χ4n) is 2.63. The highest BCUT2D eigenvalue weighted by molar-refractivity contribution is 9.10. The maximum atomic E-state index is 12.9. The average molecular weight is 387 g/mol. The second-order valence-electron chi connectivity index (χ2n) is 5.20. The summed E-state index contributed by atoms with van der Waals surface area (Å²) in [6, 6.07) is 2.70. The van der Waals surface area contributed by atoms with Crippen LogP contribution in [0.4, 0.5) is 22.0 Å². The molecule has 0 aromatic heterocycles. The van der Waals surface area contributed by atoms with Gasteiger partial charge in [0.1, 0.15) is 0 Å². The van der Waals surface area contributed by atoms with E-state index in [2.05, 4.69) is 21.2 Å². The van der Waals surface area contributed by atoms with Gasteiger partial charge in [0, 0.05) is 43.1 Å². The van der Waals surface area contributed by atoms with Crippen molar-refractivity contribution in [1.29, 1.82) is 0 Å².